The molecule has 1 N–H and O–H groups in total. The molecule has 3 nitrogen and oxygen atoms in total. The highest BCUT2D eigenvalue weighted by Gasteiger charge is 2.31. The number of halogens is 1. The number of hydrogen-bond donors (Lipinski definition) is 1. The SMILES string of the molecule is CCC1CN=C2c3ccc(Br)cc3SC(=N)N2C1. The first-order valence-corrected chi connectivity index (χ1v) is 7.68. The molecule has 2 heterocycles. The molecule has 0 aliphatic carbocycles. The third kappa shape index (κ3) is 1.99. The summed E-state index contributed by atoms with van der Waals surface area (Å²) in [6, 6.07) is 6.21. The van der Waals surface area contributed by atoms with Crippen molar-refractivity contribution in [2.45, 2.75) is 18.2 Å². The molecule has 0 aromatic heterocycles. The molecule has 1 aromatic carbocycles. The highest BCUT2D eigenvalue weighted by atomic mass is 79.9. The van der Waals surface area contributed by atoms with Gasteiger partial charge in [0, 0.05) is 28.0 Å². The fourth-order valence-electron chi connectivity index (χ4n) is 2.30. The molecule has 0 amide bonds. The number of amidine groups is 2. The summed E-state index contributed by atoms with van der Waals surface area (Å²) in [5.74, 6) is 1.55. The predicted octanol–water partition coefficient (Wildman–Crippen LogP) is 3.58. The van der Waals surface area contributed by atoms with E-state index in [1.54, 1.807) is 0 Å². The number of thioether (sulfide) groups is 1. The number of hydrogen-bond acceptors (Lipinski definition) is 3. The van der Waals surface area contributed by atoms with Gasteiger partial charge in [-0.15, -0.1) is 0 Å². The Morgan fingerprint density at radius 2 is 2.39 bits per heavy atom. The Balaban J connectivity index is 2.06. The first kappa shape index (κ1) is 12.2. The van der Waals surface area contributed by atoms with E-state index in [1.165, 1.54) is 11.8 Å². The van der Waals surface area contributed by atoms with E-state index in [1.807, 2.05) is 6.07 Å². The van der Waals surface area contributed by atoms with E-state index in [2.05, 4.69) is 39.9 Å². The highest BCUT2D eigenvalue weighted by Crippen LogP contribution is 2.35. The summed E-state index contributed by atoms with van der Waals surface area (Å²) in [5, 5.41) is 8.77. The van der Waals surface area contributed by atoms with Crippen LogP contribution >= 0.6 is 27.7 Å². The topological polar surface area (TPSA) is 39.5 Å². The van der Waals surface area contributed by atoms with Crippen LogP contribution in [0.25, 0.3) is 0 Å². The van der Waals surface area contributed by atoms with Gasteiger partial charge in [-0.3, -0.25) is 10.4 Å². The zero-order valence-electron chi connectivity index (χ0n) is 10.1. The van der Waals surface area contributed by atoms with Crippen molar-refractivity contribution in [2.24, 2.45) is 10.9 Å². The number of nitrogens with zero attached hydrogens (tertiary/aromatic N) is 2. The smallest absolute Gasteiger partial charge is 0.166 e. The molecule has 3 rings (SSSR count). The number of nitrogens with one attached hydrogen (secondary N) is 1. The molecule has 18 heavy (non-hydrogen) atoms. The van der Waals surface area contributed by atoms with Crippen LogP contribution in [0.5, 0.6) is 0 Å². The first-order chi connectivity index (χ1) is 8.69. The van der Waals surface area contributed by atoms with Crippen molar-refractivity contribution in [3.63, 3.8) is 0 Å². The third-order valence-electron chi connectivity index (χ3n) is 3.41. The summed E-state index contributed by atoms with van der Waals surface area (Å²) in [5.41, 5.74) is 1.16. The molecule has 0 bridgehead atoms. The van der Waals surface area contributed by atoms with E-state index in [0.29, 0.717) is 11.1 Å². The van der Waals surface area contributed by atoms with Crippen LogP contribution in [0.4, 0.5) is 0 Å². The molecule has 94 valence electrons. The Kier molecular flexibility index (Phi) is 3.20. The zero-order valence-corrected chi connectivity index (χ0v) is 12.5. The van der Waals surface area contributed by atoms with Gasteiger partial charge < -0.3 is 4.90 Å². The van der Waals surface area contributed by atoms with Crippen molar-refractivity contribution in [3.8, 4) is 0 Å². The minimum atomic E-state index is 0.576. The highest BCUT2D eigenvalue weighted by molar-refractivity contribution is 9.10. The van der Waals surface area contributed by atoms with E-state index in [4.69, 9.17) is 10.4 Å². The number of aliphatic imine (C=N–C) groups is 1. The standard InChI is InChI=1S/C13H14BrN3S/c1-2-8-6-16-12-10-4-3-9(14)5-11(10)18-13(15)17(12)7-8/h3-5,8,15H,2,6-7H2,1H3. The molecule has 0 fully saturated rings. The maximum absolute atomic E-state index is 8.17. The minimum Gasteiger partial charge on any atom is -0.305 e. The van der Waals surface area contributed by atoms with Crippen molar-refractivity contribution >= 4 is 38.7 Å². The minimum absolute atomic E-state index is 0.576. The molecule has 0 saturated heterocycles. The average Bonchev–Trinajstić information content (AvgIpc) is 2.38. The summed E-state index contributed by atoms with van der Waals surface area (Å²) >= 11 is 5.00. The van der Waals surface area contributed by atoms with Crippen LogP contribution < -0.4 is 0 Å². The molecule has 2 aliphatic rings. The van der Waals surface area contributed by atoms with Gasteiger partial charge in [0.1, 0.15) is 5.84 Å². The number of fused-ring (bicyclic) bond motifs is 3. The van der Waals surface area contributed by atoms with Crippen LogP contribution in [0, 0.1) is 11.3 Å². The lowest BCUT2D eigenvalue weighted by Crippen LogP contribution is -2.45. The molecule has 1 unspecified atom stereocenters. The largest absolute Gasteiger partial charge is 0.305 e. The predicted molar refractivity (Wildman–Crippen MR) is 79.6 cm³/mol. The van der Waals surface area contributed by atoms with Crippen LogP contribution in [0.2, 0.25) is 0 Å². The van der Waals surface area contributed by atoms with E-state index in [-0.39, 0.29) is 0 Å². The van der Waals surface area contributed by atoms with Gasteiger partial charge in [-0.1, -0.05) is 34.6 Å². The quantitative estimate of drug-likeness (QED) is 0.858. The Morgan fingerprint density at radius 3 is 3.17 bits per heavy atom. The van der Waals surface area contributed by atoms with Crippen LogP contribution in [-0.4, -0.2) is 29.0 Å². The van der Waals surface area contributed by atoms with Gasteiger partial charge in [0.25, 0.3) is 0 Å². The summed E-state index contributed by atoms with van der Waals surface area (Å²) < 4.78 is 1.05. The van der Waals surface area contributed by atoms with Gasteiger partial charge in [-0.2, -0.15) is 0 Å². The molecule has 0 spiro atoms. The maximum atomic E-state index is 8.17. The summed E-state index contributed by atoms with van der Waals surface area (Å²) in [6.45, 7) is 4.00. The van der Waals surface area contributed by atoms with E-state index < -0.39 is 0 Å². The van der Waals surface area contributed by atoms with Crippen molar-refractivity contribution in [1.29, 1.82) is 5.41 Å². The Morgan fingerprint density at radius 1 is 1.56 bits per heavy atom. The molecule has 2 aliphatic heterocycles. The normalized spacial score (nSPS) is 22.3. The Labute approximate surface area is 119 Å². The fraction of sp³-hybridized carbons (Fsp3) is 0.385. The molecule has 1 aromatic rings. The lowest BCUT2D eigenvalue weighted by Gasteiger charge is -2.37. The molecular formula is C13H14BrN3S. The average molecular weight is 324 g/mol. The second-order valence-corrected chi connectivity index (χ2v) is 6.54. The Bertz CT molecular complexity index is 541. The van der Waals surface area contributed by atoms with Crippen molar-refractivity contribution in [2.75, 3.05) is 13.1 Å². The second kappa shape index (κ2) is 4.70. The summed E-state index contributed by atoms with van der Waals surface area (Å²) in [7, 11) is 0. The van der Waals surface area contributed by atoms with E-state index >= 15 is 0 Å². The fourth-order valence-corrected chi connectivity index (χ4v) is 3.74. The monoisotopic (exact) mass is 323 g/mol. The van der Waals surface area contributed by atoms with Crippen molar-refractivity contribution in [3.05, 3.63) is 28.2 Å². The molecule has 0 saturated carbocycles. The maximum Gasteiger partial charge on any atom is 0.166 e. The van der Waals surface area contributed by atoms with E-state index in [9.17, 15) is 0 Å². The first-order valence-electron chi connectivity index (χ1n) is 6.07. The van der Waals surface area contributed by atoms with Crippen molar-refractivity contribution < 1.29 is 0 Å². The van der Waals surface area contributed by atoms with Gasteiger partial charge in [0.05, 0.1) is 0 Å². The molecule has 1 atom stereocenters. The molecular weight excluding hydrogens is 310 g/mol. The van der Waals surface area contributed by atoms with Gasteiger partial charge in [-0.25, -0.2) is 0 Å². The van der Waals surface area contributed by atoms with Crippen molar-refractivity contribution in [1.82, 2.24) is 4.90 Å². The number of benzene rings is 1. The van der Waals surface area contributed by atoms with Crippen LogP contribution in [-0.2, 0) is 0 Å². The van der Waals surface area contributed by atoms with Crippen LogP contribution in [0.15, 0.2) is 32.6 Å². The second-order valence-electron chi connectivity index (χ2n) is 4.60. The summed E-state index contributed by atoms with van der Waals surface area (Å²) in [6.07, 6.45) is 1.12. The number of rotatable bonds is 1. The summed E-state index contributed by atoms with van der Waals surface area (Å²) in [4.78, 5) is 7.88. The van der Waals surface area contributed by atoms with Gasteiger partial charge >= 0.3 is 0 Å². The third-order valence-corrected chi connectivity index (χ3v) is 4.87. The molecule has 5 heteroatoms. The Hall–Kier alpha value is -0.810. The zero-order chi connectivity index (χ0) is 12.7. The van der Waals surface area contributed by atoms with Crippen LogP contribution in [0.1, 0.15) is 18.9 Å². The molecule has 0 radical (unpaired) electrons. The van der Waals surface area contributed by atoms with E-state index in [0.717, 1.165) is 40.3 Å². The van der Waals surface area contributed by atoms with Crippen LogP contribution in [0.3, 0.4) is 0 Å². The lowest BCUT2D eigenvalue weighted by atomic mass is 10.0. The van der Waals surface area contributed by atoms with Gasteiger partial charge in [0.15, 0.2) is 5.17 Å². The van der Waals surface area contributed by atoms with Gasteiger partial charge in [-0.05, 0) is 30.5 Å². The van der Waals surface area contributed by atoms with Gasteiger partial charge in [0.2, 0.25) is 0 Å². The lowest BCUT2D eigenvalue weighted by molar-refractivity contribution is 0.403.